The maximum absolute atomic E-state index is 17.0. The van der Waals surface area contributed by atoms with Gasteiger partial charge in [0.1, 0.15) is 64.6 Å². The Bertz CT molecular complexity index is 6250. The van der Waals surface area contributed by atoms with Crippen LogP contribution in [0.4, 0.5) is 23.2 Å². The summed E-state index contributed by atoms with van der Waals surface area (Å²) in [5.74, 6) is 2.37. The van der Waals surface area contributed by atoms with Crippen molar-refractivity contribution in [2.45, 2.75) is 212 Å². The third-order valence-electron chi connectivity index (χ3n) is 26.4. The van der Waals surface area contributed by atoms with E-state index in [1.807, 2.05) is 83.0 Å². The van der Waals surface area contributed by atoms with Gasteiger partial charge >= 0.3 is 18.3 Å². The lowest BCUT2D eigenvalue weighted by Gasteiger charge is -2.38. The van der Waals surface area contributed by atoms with Gasteiger partial charge in [0.2, 0.25) is 30.2 Å². The van der Waals surface area contributed by atoms with Crippen LogP contribution in [0.25, 0.3) is 89.4 Å². The minimum Gasteiger partial charge on any atom is -0.464 e. The Balaban J connectivity index is 0.000000180. The van der Waals surface area contributed by atoms with Crippen LogP contribution >= 0.6 is 22.7 Å². The van der Waals surface area contributed by atoms with Crippen molar-refractivity contribution in [2.75, 3.05) is 47.5 Å². The first-order valence-corrected chi connectivity index (χ1v) is 46.9. The zero-order valence-corrected chi connectivity index (χ0v) is 76.8. The number of halogens is 2. The van der Waals surface area contributed by atoms with Crippen molar-refractivity contribution in [3.05, 3.63) is 176 Å². The molecule has 0 saturated carbocycles. The maximum atomic E-state index is 17.0. The summed E-state index contributed by atoms with van der Waals surface area (Å²) in [6.45, 7) is 22.7. The summed E-state index contributed by atoms with van der Waals surface area (Å²) >= 11 is 3.38. The fraction of sp³-hybridized carbons (Fsp3) is 0.443. The molecule has 15 heterocycles. The van der Waals surface area contributed by atoms with Crippen LogP contribution in [0.2, 0.25) is 0 Å². The minimum absolute atomic E-state index is 0.0516. The molecule has 19 rings (SSSR count). The fourth-order valence-electron chi connectivity index (χ4n) is 19.9. The minimum atomic E-state index is -0.774. The summed E-state index contributed by atoms with van der Waals surface area (Å²) < 4.78 is 72.1. The number of nitrogens with zero attached hydrogens (tertiary/aromatic N) is 9. The Morgan fingerprint density at radius 3 is 1.26 bits per heavy atom. The first-order chi connectivity index (χ1) is 62.7. The largest absolute Gasteiger partial charge is 0.464 e. The zero-order valence-electron chi connectivity index (χ0n) is 75.2. The molecule has 7 aliphatic heterocycles. The number of thiophene rings is 2. The van der Waals surface area contributed by atoms with Crippen LogP contribution in [0.1, 0.15) is 225 Å². The van der Waals surface area contributed by atoms with Crippen LogP contribution in [0.15, 0.2) is 122 Å². The summed E-state index contributed by atoms with van der Waals surface area (Å²) in [6.07, 6.45) is 11.7. The molecule has 12 atom stereocenters. The highest BCUT2D eigenvalue weighted by molar-refractivity contribution is 7.12. The van der Waals surface area contributed by atoms with Crippen LogP contribution < -0.4 is 30.7 Å². The Hall–Kier alpha value is -12.2. The molecule has 29 nitrogen and oxygen atoms in total. The molecule has 0 aliphatic carbocycles. The van der Waals surface area contributed by atoms with Crippen LogP contribution in [0.3, 0.4) is 0 Å². The second-order valence-electron chi connectivity index (χ2n) is 36.5. The van der Waals surface area contributed by atoms with Gasteiger partial charge in [0, 0.05) is 62.4 Å². The second kappa shape index (κ2) is 36.6. The molecular weight excluding hydrogens is 1700 g/mol. The van der Waals surface area contributed by atoms with Crippen LogP contribution in [-0.4, -0.2) is 178 Å². The topological polar surface area (TPSA) is 340 Å². The highest BCUT2D eigenvalue weighted by atomic mass is 32.1. The van der Waals surface area contributed by atoms with Crippen molar-refractivity contribution in [2.24, 2.45) is 17.8 Å². The Labute approximate surface area is 759 Å². The summed E-state index contributed by atoms with van der Waals surface area (Å²) in [5.41, 5.74) is 9.83. The number of aromatic nitrogens is 10. The molecule has 3 unspecified atom stereocenters. The number of ether oxygens (including phenoxy) is 6. The Kier molecular flexibility index (Phi) is 24.9. The summed E-state index contributed by atoms with van der Waals surface area (Å²) in [7, 11) is 3.85. The summed E-state index contributed by atoms with van der Waals surface area (Å²) in [5, 5.41) is 13.6. The van der Waals surface area contributed by atoms with Gasteiger partial charge in [-0.3, -0.25) is 23.5 Å². The van der Waals surface area contributed by atoms with Gasteiger partial charge in [-0.25, -0.2) is 43.1 Å². The molecular formula is C97H111F2N17O12S2. The normalized spacial score (nSPS) is 21.2. The quantitative estimate of drug-likeness (QED) is 0.0310. The SMILES string of the molecule is COC(=O)N[C@H](C(=O)N1CCC[C@@H]1c1ncc(-c2cc(F)c3c(c2)OC(c2ccc(C(C)C)s2)n2c-3cc3cc(-c4cnc([C@@H]5CCCN5C(=O)[C@H](NC(=O)OC)C5C[C@@H](C)O[C@@H](C)C5)[nH]4)ccc32)[nH]1)C(C)C.COC(=O)N[C@H](C(=O)N1CCC[C@H]1c1ncc(-c2cc(F)c3c(c2)OC(c2ccc(C(C)C)s2)n2c-3cc3cc(-c4cnc([C@@H]5CCCN5)[nH]4)ccc32)[nH]1)C(C)C. The molecule has 4 aromatic carbocycles. The fourth-order valence-corrected chi connectivity index (χ4v) is 22.0. The maximum Gasteiger partial charge on any atom is 0.407 e. The lowest BCUT2D eigenvalue weighted by Crippen LogP contribution is -2.54. The van der Waals surface area contributed by atoms with Gasteiger partial charge in [0.25, 0.3) is 0 Å². The molecule has 0 spiro atoms. The Morgan fingerprint density at radius 2 is 0.869 bits per heavy atom. The number of amides is 6. The Morgan fingerprint density at radius 1 is 0.469 bits per heavy atom. The molecule has 5 saturated heterocycles. The molecule has 7 aliphatic rings. The van der Waals surface area contributed by atoms with E-state index in [0.717, 1.165) is 104 Å². The molecule has 0 bridgehead atoms. The van der Waals surface area contributed by atoms with Crippen molar-refractivity contribution in [3.8, 4) is 79.0 Å². The molecule has 130 heavy (non-hydrogen) atoms. The number of imidazole rings is 4. The monoisotopic (exact) mass is 1810 g/mol. The molecule has 5 fully saturated rings. The zero-order chi connectivity index (χ0) is 90.9. The molecule has 33 heteroatoms. The van der Waals surface area contributed by atoms with Crippen molar-refractivity contribution >= 4 is 80.5 Å². The molecule has 8 aromatic heterocycles. The number of carbonyl (C=O) groups is 6. The molecule has 12 aromatic rings. The predicted molar refractivity (Wildman–Crippen MR) is 491 cm³/mol. The van der Waals surface area contributed by atoms with E-state index in [9.17, 15) is 28.8 Å². The number of H-pyrrole nitrogens is 4. The third-order valence-corrected chi connectivity index (χ3v) is 29.3. The van der Waals surface area contributed by atoms with Gasteiger partial charge < -0.3 is 84.3 Å². The molecule has 0 radical (unpaired) electrons. The number of methoxy groups -OCH3 is 3. The number of fused-ring (bicyclic) bond motifs is 10. The van der Waals surface area contributed by atoms with Crippen molar-refractivity contribution in [1.29, 1.82) is 0 Å². The number of aromatic amines is 4. The smallest absolute Gasteiger partial charge is 0.407 e. The number of alkyl carbamates (subject to hydrolysis) is 3. The third kappa shape index (κ3) is 17.1. The van der Waals surface area contributed by atoms with Crippen molar-refractivity contribution in [1.82, 2.24) is 85.0 Å². The standard InChI is InChI=1S/C54H64FN9O8S.C43H47FN8O4S/c1-27(2)43-15-16-44(73-43)52-64-38-14-13-31(36-25-56-48(58-36)40-12-10-18-63(40)51(66)47(61-54(68)70-8)34-19-29(5)71-30(6)20-34)21-33(38)23-41(64)45-35(55)22-32(24-42(45)72-52)37-26-57-49(59-37)39-11-9-17-62(39)50(65)46(28(3)4)60-53(67)69-7;1-22(2)35-12-13-36(57-35)42-52-31-11-10-24(29-20-46-39(48-29)28-8-6-14-45-28)16-26(31)18-33(52)37-27(44)17-25(19-34(37)56-42)30-21-47-40(49-30)32-9-7-15-51(32)41(53)38(23(3)4)50-43(54)55-5/h13-16,21-30,34,39-40,46-47,52H,9-12,17-20H2,1-8H3,(H,56,58)(H,57,59)(H,60,67)(H,61,68);10-13,16-23,28,32,38,42,45H,6-9,14-15H2,1-5H3,(H,46,48)(H,47,49)(H,50,54)/t29-,30+,34?,39-,40+,46+,47-,52?;28-,32-,38-,42?/m10/s1. The average molecular weight is 1810 g/mol. The second-order valence-corrected chi connectivity index (χ2v) is 38.8. The number of carbonyl (C=O) groups excluding carboxylic acids is 6. The van der Waals surface area contributed by atoms with Gasteiger partial charge in [-0.15, -0.1) is 22.7 Å². The van der Waals surface area contributed by atoms with Crippen molar-refractivity contribution < 1.29 is 66.0 Å². The summed E-state index contributed by atoms with van der Waals surface area (Å²) in [6, 6.07) is 28.6. The van der Waals surface area contributed by atoms with E-state index in [1.54, 1.807) is 51.1 Å². The first kappa shape index (κ1) is 88.4. The van der Waals surface area contributed by atoms with Gasteiger partial charge in [-0.1, -0.05) is 67.5 Å². The molecule has 8 N–H and O–H groups in total. The van der Waals surface area contributed by atoms with E-state index in [4.69, 9.17) is 43.4 Å². The highest BCUT2D eigenvalue weighted by Gasteiger charge is 2.45. The first-order valence-electron chi connectivity index (χ1n) is 45.2. The van der Waals surface area contributed by atoms with Gasteiger partial charge in [0.05, 0.1) is 149 Å². The number of benzene rings is 4. The average Bonchev–Trinajstić information content (AvgIpc) is 1.57. The number of hydrogen-bond acceptors (Lipinski definition) is 19. The molecule has 682 valence electrons. The lowest BCUT2D eigenvalue weighted by atomic mass is 9.85. The van der Waals surface area contributed by atoms with E-state index < -0.39 is 60.5 Å². The van der Waals surface area contributed by atoms with Crippen LogP contribution in [0, 0.1) is 29.4 Å². The van der Waals surface area contributed by atoms with Gasteiger partial charge in [0.15, 0.2) is 0 Å². The van der Waals surface area contributed by atoms with E-state index in [1.165, 1.54) is 43.2 Å². The predicted octanol–water partition coefficient (Wildman–Crippen LogP) is 18.8. The van der Waals surface area contributed by atoms with E-state index in [0.29, 0.717) is 132 Å². The number of likely N-dealkylation sites (tertiary alicyclic amines) is 3. The van der Waals surface area contributed by atoms with Crippen LogP contribution in [-0.2, 0) is 33.3 Å². The molecule has 6 amide bonds. The van der Waals surface area contributed by atoms with Gasteiger partial charge in [-0.2, -0.15) is 0 Å². The number of rotatable bonds is 21. The van der Waals surface area contributed by atoms with E-state index in [2.05, 4.69) is 138 Å². The van der Waals surface area contributed by atoms with Gasteiger partial charge in [-0.05, 0) is 199 Å². The number of nitrogens with one attached hydrogen (secondary N) is 8. The van der Waals surface area contributed by atoms with Crippen LogP contribution in [0.5, 0.6) is 11.5 Å². The highest BCUT2D eigenvalue weighted by Crippen LogP contribution is 2.52. The van der Waals surface area contributed by atoms with E-state index >= 15 is 8.78 Å². The lowest BCUT2D eigenvalue weighted by molar-refractivity contribution is -0.139. The van der Waals surface area contributed by atoms with Crippen molar-refractivity contribution in [3.63, 3.8) is 0 Å². The van der Waals surface area contributed by atoms with E-state index in [-0.39, 0.29) is 71.9 Å². The summed E-state index contributed by atoms with van der Waals surface area (Å²) in [4.78, 5) is 121. The number of hydrogen-bond donors (Lipinski definition) is 8.